The van der Waals surface area contributed by atoms with E-state index in [-0.39, 0.29) is 5.41 Å². The molecule has 24 heavy (non-hydrogen) atoms. The lowest BCUT2D eigenvalue weighted by molar-refractivity contribution is 0.0273. The molecule has 3 aliphatic rings. The number of para-hydroxylation sites is 1. The van der Waals surface area contributed by atoms with E-state index in [1.807, 2.05) is 0 Å². The molecule has 4 nitrogen and oxygen atoms in total. The monoisotopic (exact) mass is 321 g/mol. The van der Waals surface area contributed by atoms with Crippen molar-refractivity contribution in [1.29, 1.82) is 0 Å². The maximum atomic E-state index is 9.25. The SMILES string of the molecule is CC[C@@]12C=C(/C=N/O)n3c4c(c5ccccc53)CCN(CCC1)[C@H]42. The smallest absolute Gasteiger partial charge is 0.0898 e. The number of nitrogens with zero attached hydrogens (tertiary/aromatic N) is 3. The van der Waals surface area contributed by atoms with Crippen LogP contribution in [0.15, 0.2) is 35.5 Å². The van der Waals surface area contributed by atoms with E-state index in [0.29, 0.717) is 6.04 Å². The van der Waals surface area contributed by atoms with Crippen LogP contribution < -0.4 is 0 Å². The van der Waals surface area contributed by atoms with E-state index in [0.717, 1.165) is 25.1 Å². The van der Waals surface area contributed by atoms with Gasteiger partial charge in [-0.3, -0.25) is 4.90 Å². The molecule has 0 aliphatic carbocycles. The fourth-order valence-electron chi connectivity index (χ4n) is 5.47. The highest BCUT2D eigenvalue weighted by Gasteiger charge is 2.50. The molecule has 3 aliphatic heterocycles. The zero-order valence-corrected chi connectivity index (χ0v) is 14.1. The fraction of sp³-hybridized carbons (Fsp3) is 0.450. The number of hydrogen-bond acceptors (Lipinski definition) is 3. The predicted octanol–water partition coefficient (Wildman–Crippen LogP) is 4.05. The van der Waals surface area contributed by atoms with Gasteiger partial charge in [0.15, 0.2) is 0 Å². The summed E-state index contributed by atoms with van der Waals surface area (Å²) in [5.41, 5.74) is 5.38. The summed E-state index contributed by atoms with van der Waals surface area (Å²) in [4.78, 5) is 2.69. The van der Waals surface area contributed by atoms with Crippen LogP contribution >= 0.6 is 0 Å². The number of benzene rings is 1. The molecule has 0 radical (unpaired) electrons. The normalized spacial score (nSPS) is 29.0. The second-order valence-electron chi connectivity index (χ2n) is 7.41. The molecule has 0 saturated carbocycles. The standard InChI is InChI=1S/C20H23N3O/c1-2-20-9-5-10-22-11-8-16-15-6-3-4-7-17(15)23(18(16)19(20)22)14(12-20)13-21-24/h3-4,6-7,12-13,19,24H,2,5,8-11H2,1H3/b21-13+/t19-,20+/m1/s1. The van der Waals surface area contributed by atoms with Crippen LogP contribution in [0.1, 0.15) is 43.5 Å². The van der Waals surface area contributed by atoms with Crippen LogP contribution in [0.25, 0.3) is 16.6 Å². The Hall–Kier alpha value is -2.07. The van der Waals surface area contributed by atoms with Gasteiger partial charge in [0.2, 0.25) is 0 Å². The number of rotatable bonds is 2. The number of piperidine rings is 1. The quantitative estimate of drug-likeness (QED) is 0.515. The summed E-state index contributed by atoms with van der Waals surface area (Å²) in [6, 6.07) is 9.14. The Bertz CT molecular complexity index is 878. The maximum Gasteiger partial charge on any atom is 0.0898 e. The second-order valence-corrected chi connectivity index (χ2v) is 7.41. The lowest BCUT2D eigenvalue weighted by atomic mass is 9.66. The van der Waals surface area contributed by atoms with Gasteiger partial charge >= 0.3 is 0 Å². The Morgan fingerprint density at radius 2 is 2.21 bits per heavy atom. The van der Waals surface area contributed by atoms with E-state index < -0.39 is 0 Å². The molecular weight excluding hydrogens is 298 g/mol. The van der Waals surface area contributed by atoms with Crippen LogP contribution in [0.2, 0.25) is 0 Å². The van der Waals surface area contributed by atoms with E-state index in [2.05, 4.69) is 51.9 Å². The first-order chi connectivity index (χ1) is 11.8. The molecule has 0 spiro atoms. The van der Waals surface area contributed by atoms with Crippen molar-refractivity contribution in [1.82, 2.24) is 9.47 Å². The molecule has 1 fully saturated rings. The van der Waals surface area contributed by atoms with Crippen LogP contribution in [0.3, 0.4) is 0 Å². The molecule has 4 heterocycles. The third kappa shape index (κ3) is 1.64. The van der Waals surface area contributed by atoms with Crippen molar-refractivity contribution in [3.05, 3.63) is 41.6 Å². The number of aromatic nitrogens is 1. The third-order valence-corrected chi connectivity index (χ3v) is 6.47. The molecule has 0 amide bonds. The Kier molecular flexibility index (Phi) is 2.95. The highest BCUT2D eigenvalue weighted by atomic mass is 16.4. The zero-order valence-electron chi connectivity index (χ0n) is 14.1. The van der Waals surface area contributed by atoms with Crippen LogP contribution in [-0.4, -0.2) is 34.0 Å². The molecule has 124 valence electrons. The van der Waals surface area contributed by atoms with E-state index in [4.69, 9.17) is 0 Å². The lowest BCUT2D eigenvalue weighted by Gasteiger charge is -2.53. The molecule has 0 unspecified atom stereocenters. The van der Waals surface area contributed by atoms with E-state index in [1.165, 1.54) is 41.5 Å². The summed E-state index contributed by atoms with van der Waals surface area (Å²) in [6.07, 6.45) is 8.71. The number of oxime groups is 1. The van der Waals surface area contributed by atoms with E-state index >= 15 is 0 Å². The number of fused-ring (bicyclic) bond motifs is 3. The van der Waals surface area contributed by atoms with Gasteiger partial charge in [0.1, 0.15) is 0 Å². The topological polar surface area (TPSA) is 40.8 Å². The van der Waals surface area contributed by atoms with E-state index in [9.17, 15) is 5.21 Å². The van der Waals surface area contributed by atoms with Gasteiger partial charge in [-0.25, -0.2) is 0 Å². The average Bonchev–Trinajstić information content (AvgIpc) is 2.96. The summed E-state index contributed by atoms with van der Waals surface area (Å²) in [7, 11) is 0. The maximum absolute atomic E-state index is 9.25. The van der Waals surface area contributed by atoms with Gasteiger partial charge < -0.3 is 9.77 Å². The first-order valence-corrected chi connectivity index (χ1v) is 9.06. The summed E-state index contributed by atoms with van der Waals surface area (Å²) in [6.45, 7) is 4.66. The van der Waals surface area contributed by atoms with Crippen molar-refractivity contribution >= 4 is 22.8 Å². The van der Waals surface area contributed by atoms with Gasteiger partial charge in [-0.15, -0.1) is 0 Å². The molecular formula is C20H23N3O. The summed E-state index contributed by atoms with van der Waals surface area (Å²) >= 11 is 0. The van der Waals surface area contributed by atoms with Crippen molar-refractivity contribution < 1.29 is 5.21 Å². The minimum Gasteiger partial charge on any atom is -0.411 e. The van der Waals surface area contributed by atoms with Gasteiger partial charge in [-0.05, 0) is 43.9 Å². The highest BCUT2D eigenvalue weighted by molar-refractivity contribution is 6.07. The molecule has 2 atom stereocenters. The van der Waals surface area contributed by atoms with Crippen molar-refractivity contribution in [2.75, 3.05) is 13.1 Å². The number of allylic oxidation sites excluding steroid dienone is 1. The average molecular weight is 321 g/mol. The minimum atomic E-state index is 0.161. The zero-order chi connectivity index (χ0) is 16.3. The van der Waals surface area contributed by atoms with Crippen LogP contribution in [0.4, 0.5) is 0 Å². The van der Waals surface area contributed by atoms with Crippen LogP contribution in [0, 0.1) is 5.41 Å². The molecule has 1 aromatic carbocycles. The molecule has 1 N–H and O–H groups in total. The van der Waals surface area contributed by atoms with E-state index in [1.54, 1.807) is 6.21 Å². The first kappa shape index (κ1) is 14.3. The number of hydrogen-bond donors (Lipinski definition) is 1. The minimum absolute atomic E-state index is 0.161. The molecule has 0 bridgehead atoms. The van der Waals surface area contributed by atoms with Crippen molar-refractivity contribution in [3.63, 3.8) is 0 Å². The Labute approximate surface area is 142 Å². The Balaban J connectivity index is 1.90. The Morgan fingerprint density at radius 3 is 3.04 bits per heavy atom. The predicted molar refractivity (Wildman–Crippen MR) is 96.5 cm³/mol. The highest BCUT2D eigenvalue weighted by Crippen LogP contribution is 2.56. The molecule has 2 aromatic rings. The van der Waals surface area contributed by atoms with Gasteiger partial charge in [-0.2, -0.15) is 0 Å². The van der Waals surface area contributed by atoms with Gasteiger partial charge in [0, 0.05) is 23.0 Å². The third-order valence-electron chi connectivity index (χ3n) is 6.47. The van der Waals surface area contributed by atoms with Gasteiger partial charge in [-0.1, -0.05) is 36.4 Å². The van der Waals surface area contributed by atoms with Crippen LogP contribution in [-0.2, 0) is 6.42 Å². The summed E-state index contributed by atoms with van der Waals surface area (Å²) in [5.74, 6) is 0. The first-order valence-electron chi connectivity index (χ1n) is 9.06. The summed E-state index contributed by atoms with van der Waals surface area (Å²) < 4.78 is 2.35. The van der Waals surface area contributed by atoms with Gasteiger partial charge in [0.05, 0.1) is 23.5 Å². The molecule has 4 heteroatoms. The fourth-order valence-corrected chi connectivity index (χ4v) is 5.47. The summed E-state index contributed by atoms with van der Waals surface area (Å²) in [5, 5.41) is 14.0. The van der Waals surface area contributed by atoms with Crippen molar-refractivity contribution in [2.24, 2.45) is 10.6 Å². The molecule has 5 rings (SSSR count). The largest absolute Gasteiger partial charge is 0.411 e. The molecule has 1 aromatic heterocycles. The van der Waals surface area contributed by atoms with Crippen molar-refractivity contribution in [2.45, 2.75) is 38.6 Å². The van der Waals surface area contributed by atoms with Crippen LogP contribution in [0.5, 0.6) is 0 Å². The second kappa shape index (κ2) is 4.96. The van der Waals surface area contributed by atoms with Gasteiger partial charge in [0.25, 0.3) is 0 Å². The lowest BCUT2D eigenvalue weighted by Crippen LogP contribution is -2.50. The molecule has 1 saturated heterocycles. The van der Waals surface area contributed by atoms with Crippen molar-refractivity contribution in [3.8, 4) is 0 Å². The Morgan fingerprint density at radius 1 is 1.33 bits per heavy atom.